The minimum atomic E-state index is 0.551. The monoisotopic (exact) mass is 285 g/mol. The Hall–Kier alpha value is -0.740. The zero-order valence-electron chi connectivity index (χ0n) is 11.0. The molecule has 0 unspecified atom stereocenters. The fourth-order valence-corrected chi connectivity index (χ4v) is 2.22. The summed E-state index contributed by atoms with van der Waals surface area (Å²) < 4.78 is 0. The number of hydrogen-bond acceptors (Lipinski definition) is 4. The van der Waals surface area contributed by atoms with Gasteiger partial charge in [-0.2, -0.15) is 11.8 Å². The van der Waals surface area contributed by atoms with Gasteiger partial charge in [-0.3, -0.25) is 0 Å². The molecule has 0 saturated heterocycles. The maximum atomic E-state index is 6.11. The van der Waals surface area contributed by atoms with Crippen molar-refractivity contribution >= 4 is 29.2 Å². The molecule has 100 valence electrons. The standard InChI is InChI=1S/C13H20ClN3S/c1-4-6-11-16-12(14)10(3)13(17-11)15-7-9-18-8-5-2/h5H,2,4,6-9H2,1,3H3,(H,15,16,17). The fraction of sp³-hybridized carbons (Fsp3) is 0.538. The third-order valence-corrected chi connectivity index (χ3v) is 3.71. The van der Waals surface area contributed by atoms with Gasteiger partial charge in [-0.15, -0.1) is 6.58 Å². The Morgan fingerprint density at radius 2 is 2.22 bits per heavy atom. The topological polar surface area (TPSA) is 37.8 Å². The SMILES string of the molecule is C=CCSCCNc1nc(CCC)nc(Cl)c1C. The van der Waals surface area contributed by atoms with E-state index in [0.29, 0.717) is 5.15 Å². The van der Waals surface area contributed by atoms with Crippen LogP contribution in [0.4, 0.5) is 5.82 Å². The van der Waals surface area contributed by atoms with Gasteiger partial charge >= 0.3 is 0 Å². The van der Waals surface area contributed by atoms with Crippen molar-refractivity contribution < 1.29 is 0 Å². The average Bonchev–Trinajstić information content (AvgIpc) is 2.35. The summed E-state index contributed by atoms with van der Waals surface area (Å²) in [5, 5.41) is 3.87. The van der Waals surface area contributed by atoms with Crippen LogP contribution in [0.15, 0.2) is 12.7 Å². The van der Waals surface area contributed by atoms with Crippen molar-refractivity contribution in [2.24, 2.45) is 0 Å². The highest BCUT2D eigenvalue weighted by Gasteiger charge is 2.08. The van der Waals surface area contributed by atoms with E-state index in [9.17, 15) is 0 Å². The fourth-order valence-electron chi connectivity index (χ4n) is 1.45. The van der Waals surface area contributed by atoms with E-state index in [1.165, 1.54) is 0 Å². The van der Waals surface area contributed by atoms with E-state index in [1.807, 2.05) is 24.8 Å². The van der Waals surface area contributed by atoms with Gasteiger partial charge < -0.3 is 5.32 Å². The van der Waals surface area contributed by atoms with Crippen molar-refractivity contribution in [3.63, 3.8) is 0 Å². The minimum absolute atomic E-state index is 0.551. The molecule has 18 heavy (non-hydrogen) atoms. The van der Waals surface area contributed by atoms with E-state index in [0.717, 1.165) is 48.1 Å². The van der Waals surface area contributed by atoms with Crippen LogP contribution >= 0.6 is 23.4 Å². The molecular formula is C13H20ClN3S. The van der Waals surface area contributed by atoms with Gasteiger partial charge in [0.15, 0.2) is 0 Å². The molecule has 0 aliphatic rings. The first-order valence-corrected chi connectivity index (χ1v) is 7.67. The molecule has 1 N–H and O–H groups in total. The Balaban J connectivity index is 2.60. The lowest BCUT2D eigenvalue weighted by Crippen LogP contribution is -2.10. The molecule has 0 aliphatic carbocycles. The molecular weight excluding hydrogens is 266 g/mol. The van der Waals surface area contributed by atoms with Gasteiger partial charge in [0.1, 0.15) is 16.8 Å². The molecule has 5 heteroatoms. The molecule has 1 rings (SSSR count). The van der Waals surface area contributed by atoms with Gasteiger partial charge in [0.05, 0.1) is 0 Å². The number of aromatic nitrogens is 2. The molecule has 0 bridgehead atoms. The highest BCUT2D eigenvalue weighted by molar-refractivity contribution is 7.99. The summed E-state index contributed by atoms with van der Waals surface area (Å²) in [6.45, 7) is 8.62. The van der Waals surface area contributed by atoms with Crippen molar-refractivity contribution in [1.82, 2.24) is 9.97 Å². The Morgan fingerprint density at radius 3 is 2.89 bits per heavy atom. The molecule has 3 nitrogen and oxygen atoms in total. The molecule has 0 saturated carbocycles. The van der Waals surface area contributed by atoms with E-state index in [4.69, 9.17) is 11.6 Å². The Morgan fingerprint density at radius 1 is 1.44 bits per heavy atom. The number of anilines is 1. The molecule has 0 aliphatic heterocycles. The van der Waals surface area contributed by atoms with Crippen LogP contribution in [-0.4, -0.2) is 28.0 Å². The van der Waals surface area contributed by atoms with Crippen molar-refractivity contribution in [3.8, 4) is 0 Å². The Bertz CT molecular complexity index is 396. The maximum Gasteiger partial charge on any atom is 0.137 e. The van der Waals surface area contributed by atoms with Crippen molar-refractivity contribution in [3.05, 3.63) is 29.2 Å². The quantitative estimate of drug-likeness (QED) is 0.449. The number of nitrogens with zero attached hydrogens (tertiary/aromatic N) is 2. The normalized spacial score (nSPS) is 10.4. The zero-order valence-corrected chi connectivity index (χ0v) is 12.6. The summed E-state index contributed by atoms with van der Waals surface area (Å²) in [4.78, 5) is 8.78. The highest BCUT2D eigenvalue weighted by Crippen LogP contribution is 2.20. The third kappa shape index (κ3) is 4.86. The summed E-state index contributed by atoms with van der Waals surface area (Å²) in [7, 11) is 0. The second-order valence-electron chi connectivity index (χ2n) is 3.94. The molecule has 0 atom stereocenters. The van der Waals surface area contributed by atoms with Crippen LogP contribution in [0.25, 0.3) is 0 Å². The molecule has 0 amide bonds. The molecule has 1 aromatic rings. The second kappa shape index (κ2) is 8.38. The van der Waals surface area contributed by atoms with E-state index in [1.54, 1.807) is 0 Å². The smallest absolute Gasteiger partial charge is 0.137 e. The lowest BCUT2D eigenvalue weighted by Gasteiger charge is -2.10. The van der Waals surface area contributed by atoms with Gasteiger partial charge in [-0.1, -0.05) is 24.6 Å². The number of hydrogen-bond donors (Lipinski definition) is 1. The van der Waals surface area contributed by atoms with Crippen LogP contribution in [0.1, 0.15) is 24.7 Å². The van der Waals surface area contributed by atoms with Gasteiger partial charge in [0, 0.05) is 30.0 Å². The van der Waals surface area contributed by atoms with Gasteiger partial charge in [-0.25, -0.2) is 9.97 Å². The van der Waals surface area contributed by atoms with E-state index < -0.39 is 0 Å². The predicted octanol–water partition coefficient (Wildman–Crippen LogP) is 3.72. The first kappa shape index (κ1) is 15.3. The van der Waals surface area contributed by atoms with Crippen LogP contribution in [0, 0.1) is 6.92 Å². The van der Waals surface area contributed by atoms with Crippen LogP contribution in [0.5, 0.6) is 0 Å². The lowest BCUT2D eigenvalue weighted by atomic mass is 10.3. The lowest BCUT2D eigenvalue weighted by molar-refractivity contribution is 0.831. The van der Waals surface area contributed by atoms with Gasteiger partial charge in [0.2, 0.25) is 0 Å². The summed E-state index contributed by atoms with van der Waals surface area (Å²) in [5.41, 5.74) is 0.922. The number of thioether (sulfide) groups is 1. The summed E-state index contributed by atoms with van der Waals surface area (Å²) in [6.07, 6.45) is 3.80. The first-order chi connectivity index (χ1) is 8.69. The molecule has 0 aromatic carbocycles. The van der Waals surface area contributed by atoms with Gasteiger partial charge in [0.25, 0.3) is 0 Å². The number of aryl methyl sites for hydroxylation is 1. The second-order valence-corrected chi connectivity index (χ2v) is 5.45. The van der Waals surface area contributed by atoms with Crippen molar-refractivity contribution in [2.75, 3.05) is 23.4 Å². The molecule has 0 spiro atoms. The third-order valence-electron chi connectivity index (χ3n) is 2.38. The Labute approximate surface area is 118 Å². The summed E-state index contributed by atoms with van der Waals surface area (Å²) in [6, 6.07) is 0. The van der Waals surface area contributed by atoms with Crippen molar-refractivity contribution in [1.29, 1.82) is 0 Å². The molecule has 1 aromatic heterocycles. The van der Waals surface area contributed by atoms with E-state index in [-0.39, 0.29) is 0 Å². The summed E-state index contributed by atoms with van der Waals surface area (Å²) >= 11 is 7.95. The van der Waals surface area contributed by atoms with Gasteiger partial charge in [-0.05, 0) is 13.3 Å². The number of rotatable bonds is 8. The zero-order chi connectivity index (χ0) is 13.4. The van der Waals surface area contributed by atoms with Crippen LogP contribution in [-0.2, 0) is 6.42 Å². The van der Waals surface area contributed by atoms with E-state index >= 15 is 0 Å². The van der Waals surface area contributed by atoms with Crippen molar-refractivity contribution in [2.45, 2.75) is 26.7 Å². The molecule has 1 heterocycles. The Kier molecular flexibility index (Phi) is 7.13. The van der Waals surface area contributed by atoms with Crippen LogP contribution in [0.3, 0.4) is 0 Å². The maximum absolute atomic E-state index is 6.11. The minimum Gasteiger partial charge on any atom is -0.369 e. The van der Waals surface area contributed by atoms with Crippen LogP contribution < -0.4 is 5.32 Å². The number of nitrogens with one attached hydrogen (secondary N) is 1. The van der Waals surface area contributed by atoms with Crippen LogP contribution in [0.2, 0.25) is 5.15 Å². The number of halogens is 1. The highest BCUT2D eigenvalue weighted by atomic mass is 35.5. The largest absolute Gasteiger partial charge is 0.369 e. The molecule has 0 radical (unpaired) electrons. The average molecular weight is 286 g/mol. The first-order valence-electron chi connectivity index (χ1n) is 6.14. The van der Waals surface area contributed by atoms with E-state index in [2.05, 4.69) is 28.8 Å². The summed E-state index contributed by atoms with van der Waals surface area (Å²) in [5.74, 6) is 3.68. The predicted molar refractivity (Wildman–Crippen MR) is 81.8 cm³/mol. The molecule has 0 fully saturated rings.